The minimum Gasteiger partial charge on any atom is -0.310 e. The van der Waals surface area contributed by atoms with Gasteiger partial charge in [0.1, 0.15) is 5.82 Å². The Bertz CT molecular complexity index is 601. The molecule has 0 aliphatic carbocycles. The number of pyridine rings is 1. The van der Waals surface area contributed by atoms with Crippen LogP contribution in [-0.2, 0) is 6.42 Å². The van der Waals surface area contributed by atoms with E-state index in [1.807, 2.05) is 19.3 Å². The molecule has 0 radical (unpaired) electrons. The zero-order valence-electron chi connectivity index (χ0n) is 12.4. The van der Waals surface area contributed by atoms with E-state index in [0.717, 1.165) is 24.1 Å². The van der Waals surface area contributed by atoms with Gasteiger partial charge in [-0.05, 0) is 61.2 Å². The highest BCUT2D eigenvalue weighted by Gasteiger charge is 2.15. The summed E-state index contributed by atoms with van der Waals surface area (Å²) >= 11 is 5.98. The van der Waals surface area contributed by atoms with E-state index in [2.05, 4.69) is 23.3 Å². The molecule has 1 N–H and O–H groups in total. The van der Waals surface area contributed by atoms with Crippen LogP contribution in [0.5, 0.6) is 0 Å². The molecule has 2 rings (SSSR count). The molecule has 2 aromatic rings. The summed E-state index contributed by atoms with van der Waals surface area (Å²) in [6, 6.07) is 6.81. The van der Waals surface area contributed by atoms with Gasteiger partial charge >= 0.3 is 0 Å². The molecule has 1 unspecified atom stereocenters. The van der Waals surface area contributed by atoms with Gasteiger partial charge in [0.05, 0.1) is 0 Å². The summed E-state index contributed by atoms with van der Waals surface area (Å²) < 4.78 is 13.9. The standard InChI is InChI=1S/C17H20ClFN2/c1-3-6-21-17(14-7-12(2)10-20-11-14)9-13-8-15(18)4-5-16(13)19/h4-5,7-8,10-11,17,21H,3,6,9H2,1-2H3. The molecule has 0 saturated heterocycles. The van der Waals surface area contributed by atoms with Gasteiger partial charge in [-0.25, -0.2) is 4.39 Å². The lowest BCUT2D eigenvalue weighted by atomic mass is 9.98. The maximum Gasteiger partial charge on any atom is 0.126 e. The van der Waals surface area contributed by atoms with Gasteiger partial charge in [0.15, 0.2) is 0 Å². The van der Waals surface area contributed by atoms with Crippen molar-refractivity contribution in [2.24, 2.45) is 0 Å². The number of hydrogen-bond donors (Lipinski definition) is 1. The first kappa shape index (κ1) is 15.9. The second-order valence-corrected chi connectivity index (χ2v) is 5.68. The zero-order chi connectivity index (χ0) is 15.2. The molecule has 21 heavy (non-hydrogen) atoms. The lowest BCUT2D eigenvalue weighted by Gasteiger charge is -2.19. The maximum atomic E-state index is 13.9. The zero-order valence-corrected chi connectivity index (χ0v) is 13.1. The Morgan fingerprint density at radius 1 is 1.29 bits per heavy atom. The molecule has 1 aromatic carbocycles. The van der Waals surface area contributed by atoms with E-state index in [9.17, 15) is 4.39 Å². The van der Waals surface area contributed by atoms with Crippen LogP contribution in [0.2, 0.25) is 5.02 Å². The van der Waals surface area contributed by atoms with Crippen molar-refractivity contribution in [2.75, 3.05) is 6.54 Å². The molecule has 0 aliphatic heterocycles. The number of benzene rings is 1. The predicted molar refractivity (Wildman–Crippen MR) is 85.1 cm³/mol. The molecule has 0 spiro atoms. The van der Waals surface area contributed by atoms with Gasteiger partial charge in [-0.1, -0.05) is 24.6 Å². The molecule has 1 aromatic heterocycles. The van der Waals surface area contributed by atoms with Gasteiger partial charge in [-0.3, -0.25) is 4.98 Å². The highest BCUT2D eigenvalue weighted by Crippen LogP contribution is 2.23. The summed E-state index contributed by atoms with van der Waals surface area (Å²) in [4.78, 5) is 4.23. The SMILES string of the molecule is CCCNC(Cc1cc(Cl)ccc1F)c1cncc(C)c1. The average molecular weight is 307 g/mol. The molecule has 112 valence electrons. The van der Waals surface area contributed by atoms with Gasteiger partial charge in [-0.2, -0.15) is 0 Å². The number of aryl methyl sites for hydroxylation is 1. The van der Waals surface area contributed by atoms with Crippen molar-refractivity contribution in [1.29, 1.82) is 0 Å². The van der Waals surface area contributed by atoms with Crippen LogP contribution < -0.4 is 5.32 Å². The Balaban J connectivity index is 2.25. The van der Waals surface area contributed by atoms with Gasteiger partial charge < -0.3 is 5.32 Å². The van der Waals surface area contributed by atoms with Crippen LogP contribution in [0.3, 0.4) is 0 Å². The van der Waals surface area contributed by atoms with Gasteiger partial charge in [-0.15, -0.1) is 0 Å². The first-order chi connectivity index (χ1) is 10.1. The minimum absolute atomic E-state index is 0.0327. The van der Waals surface area contributed by atoms with Crippen LogP contribution >= 0.6 is 11.6 Å². The fraction of sp³-hybridized carbons (Fsp3) is 0.353. The number of rotatable bonds is 6. The number of nitrogens with zero attached hydrogens (tertiary/aromatic N) is 1. The fourth-order valence-corrected chi connectivity index (χ4v) is 2.51. The summed E-state index contributed by atoms with van der Waals surface area (Å²) in [6.07, 6.45) is 5.23. The van der Waals surface area contributed by atoms with Gasteiger partial charge in [0.2, 0.25) is 0 Å². The van der Waals surface area contributed by atoms with E-state index in [1.165, 1.54) is 6.07 Å². The summed E-state index contributed by atoms with van der Waals surface area (Å²) in [7, 11) is 0. The van der Waals surface area contributed by atoms with Crippen molar-refractivity contribution in [3.8, 4) is 0 Å². The Kier molecular flexibility index (Phi) is 5.71. The number of halogens is 2. The second kappa shape index (κ2) is 7.53. The lowest BCUT2D eigenvalue weighted by molar-refractivity contribution is 0.511. The monoisotopic (exact) mass is 306 g/mol. The smallest absolute Gasteiger partial charge is 0.126 e. The molecule has 4 heteroatoms. The van der Waals surface area contributed by atoms with Crippen LogP contribution in [0, 0.1) is 12.7 Å². The van der Waals surface area contributed by atoms with Gasteiger partial charge in [0.25, 0.3) is 0 Å². The number of nitrogens with one attached hydrogen (secondary N) is 1. The van der Waals surface area contributed by atoms with Crippen molar-refractivity contribution in [2.45, 2.75) is 32.7 Å². The summed E-state index contributed by atoms with van der Waals surface area (Å²) in [5.41, 5.74) is 2.79. The Labute approximate surface area is 130 Å². The third kappa shape index (κ3) is 4.51. The average Bonchev–Trinajstić information content (AvgIpc) is 2.47. The number of aromatic nitrogens is 1. The topological polar surface area (TPSA) is 24.9 Å². The lowest BCUT2D eigenvalue weighted by Crippen LogP contribution is -2.24. The third-order valence-electron chi connectivity index (χ3n) is 3.37. The summed E-state index contributed by atoms with van der Waals surface area (Å²) in [5.74, 6) is -0.219. The van der Waals surface area contributed by atoms with E-state index >= 15 is 0 Å². The van der Waals surface area contributed by atoms with E-state index in [-0.39, 0.29) is 11.9 Å². The van der Waals surface area contributed by atoms with E-state index < -0.39 is 0 Å². The molecule has 1 heterocycles. The minimum atomic E-state index is -0.219. The van der Waals surface area contributed by atoms with Crippen molar-refractivity contribution in [3.05, 3.63) is 64.2 Å². The first-order valence-corrected chi connectivity index (χ1v) is 7.56. The maximum absolute atomic E-state index is 13.9. The Morgan fingerprint density at radius 2 is 2.10 bits per heavy atom. The quantitative estimate of drug-likeness (QED) is 0.852. The highest BCUT2D eigenvalue weighted by molar-refractivity contribution is 6.30. The van der Waals surface area contributed by atoms with Crippen LogP contribution in [-0.4, -0.2) is 11.5 Å². The molecule has 2 nitrogen and oxygen atoms in total. The molecule has 0 bridgehead atoms. The van der Waals surface area contributed by atoms with E-state index in [0.29, 0.717) is 17.0 Å². The van der Waals surface area contributed by atoms with E-state index in [4.69, 9.17) is 11.6 Å². The molecule has 1 atom stereocenters. The van der Waals surface area contributed by atoms with Crippen LogP contribution in [0.25, 0.3) is 0 Å². The highest BCUT2D eigenvalue weighted by atomic mass is 35.5. The van der Waals surface area contributed by atoms with Crippen molar-refractivity contribution in [3.63, 3.8) is 0 Å². The summed E-state index contributed by atoms with van der Waals surface area (Å²) in [6.45, 7) is 4.99. The van der Waals surface area contributed by atoms with Crippen LogP contribution in [0.4, 0.5) is 4.39 Å². The van der Waals surface area contributed by atoms with Gasteiger partial charge in [0, 0.05) is 23.5 Å². The Morgan fingerprint density at radius 3 is 2.81 bits per heavy atom. The molecule has 0 aliphatic rings. The first-order valence-electron chi connectivity index (χ1n) is 7.19. The van der Waals surface area contributed by atoms with Crippen LogP contribution in [0.15, 0.2) is 36.7 Å². The normalized spacial score (nSPS) is 12.4. The molecule has 0 amide bonds. The summed E-state index contributed by atoms with van der Waals surface area (Å²) in [5, 5.41) is 4.02. The molecular weight excluding hydrogens is 287 g/mol. The van der Waals surface area contributed by atoms with Crippen molar-refractivity contribution < 1.29 is 4.39 Å². The third-order valence-corrected chi connectivity index (χ3v) is 3.61. The molecule has 0 fully saturated rings. The van der Waals surface area contributed by atoms with Crippen LogP contribution in [0.1, 0.15) is 36.1 Å². The largest absolute Gasteiger partial charge is 0.310 e. The number of hydrogen-bond acceptors (Lipinski definition) is 2. The van der Waals surface area contributed by atoms with Crippen molar-refractivity contribution in [1.82, 2.24) is 10.3 Å². The Hall–Kier alpha value is -1.45. The van der Waals surface area contributed by atoms with Crippen molar-refractivity contribution >= 4 is 11.6 Å². The van der Waals surface area contributed by atoms with E-state index in [1.54, 1.807) is 12.1 Å². The predicted octanol–water partition coefficient (Wildman–Crippen LogP) is 4.47. The molecule has 0 saturated carbocycles. The fourth-order valence-electron chi connectivity index (χ4n) is 2.31. The second-order valence-electron chi connectivity index (χ2n) is 5.24. The molecular formula is C17H20ClFN2.